The summed E-state index contributed by atoms with van der Waals surface area (Å²) in [5, 5.41) is 18.5. The standard InChI is InChI=1S/C19H21N3O.C9H14N2O.C2H6/c1-3-4-13-22(2)19-14-9-5-7-11-16(14)20-18(21-19)15-10-6-8-12-17(15)23;1-2-3-5-8(10)6-4-7-9(11)12;1-2/h5-12,23H,3-4,13H2,1-2H3;2-3,5,10H,1,4,6-7H2,(H2,11,12);1-2H3/b;5-3-,10-8?;. The number of aromatic hydroxyl groups is 1. The van der Waals surface area contributed by atoms with E-state index in [4.69, 9.17) is 16.1 Å². The molecule has 198 valence electrons. The zero-order chi connectivity index (χ0) is 27.6. The van der Waals surface area contributed by atoms with Crippen molar-refractivity contribution in [1.82, 2.24) is 9.97 Å². The molecule has 0 bridgehead atoms. The van der Waals surface area contributed by atoms with Gasteiger partial charge in [0.15, 0.2) is 5.82 Å². The molecular formula is C30H41N5O2. The van der Waals surface area contributed by atoms with Crippen molar-refractivity contribution in [3.8, 4) is 17.1 Å². The van der Waals surface area contributed by atoms with Crippen molar-refractivity contribution in [3.05, 3.63) is 73.3 Å². The maximum absolute atomic E-state index is 10.3. The molecule has 0 atom stereocenters. The van der Waals surface area contributed by atoms with Crippen molar-refractivity contribution in [3.63, 3.8) is 0 Å². The number of phenols is 1. The topological polar surface area (TPSA) is 116 Å². The van der Waals surface area contributed by atoms with Crippen LogP contribution in [-0.4, -0.2) is 40.3 Å². The zero-order valence-corrected chi connectivity index (χ0v) is 22.6. The highest BCUT2D eigenvalue weighted by Crippen LogP contribution is 2.31. The molecule has 3 aromatic rings. The number of benzene rings is 2. The Labute approximate surface area is 221 Å². The maximum Gasteiger partial charge on any atom is 0.217 e. The Balaban J connectivity index is 0.000000417. The molecular weight excluding hydrogens is 462 g/mol. The molecule has 0 aliphatic rings. The molecule has 0 saturated carbocycles. The van der Waals surface area contributed by atoms with Crippen LogP contribution in [0.1, 0.15) is 52.9 Å². The number of carbonyl (C=O) groups excluding carboxylic acids is 1. The van der Waals surface area contributed by atoms with E-state index in [0.29, 0.717) is 36.4 Å². The predicted octanol–water partition coefficient (Wildman–Crippen LogP) is 6.67. The van der Waals surface area contributed by atoms with Crippen LogP contribution in [0.25, 0.3) is 22.3 Å². The van der Waals surface area contributed by atoms with Gasteiger partial charge in [-0.2, -0.15) is 0 Å². The lowest BCUT2D eigenvalue weighted by Gasteiger charge is -2.20. The number of aromatic nitrogens is 2. The van der Waals surface area contributed by atoms with Crippen molar-refractivity contribution in [2.45, 2.75) is 52.9 Å². The Morgan fingerprint density at radius 3 is 2.41 bits per heavy atom. The summed E-state index contributed by atoms with van der Waals surface area (Å²) < 4.78 is 0. The number of nitrogens with one attached hydrogen (secondary N) is 1. The van der Waals surface area contributed by atoms with E-state index in [2.05, 4.69) is 30.4 Å². The second-order valence-corrected chi connectivity index (χ2v) is 8.12. The van der Waals surface area contributed by atoms with Crippen LogP contribution in [0.3, 0.4) is 0 Å². The normalized spacial score (nSPS) is 10.2. The van der Waals surface area contributed by atoms with Gasteiger partial charge in [-0.3, -0.25) is 4.79 Å². The molecule has 2 aromatic carbocycles. The van der Waals surface area contributed by atoms with Gasteiger partial charge in [-0.05, 0) is 49.6 Å². The summed E-state index contributed by atoms with van der Waals surface area (Å²) in [6, 6.07) is 15.2. The maximum atomic E-state index is 10.3. The van der Waals surface area contributed by atoms with E-state index in [1.807, 2.05) is 50.2 Å². The number of hydrogen-bond acceptors (Lipinski definition) is 6. The number of nitrogens with two attached hydrogens (primary N) is 1. The lowest BCUT2D eigenvalue weighted by molar-refractivity contribution is -0.118. The molecule has 1 heterocycles. The minimum absolute atomic E-state index is 0.199. The van der Waals surface area contributed by atoms with Gasteiger partial charge in [0, 0.05) is 31.1 Å². The Bertz CT molecular complexity index is 1170. The largest absolute Gasteiger partial charge is 0.507 e. The number of allylic oxidation sites excluding steroid dienone is 3. The number of phenolic OH excluding ortho intramolecular Hbond substituents is 1. The van der Waals surface area contributed by atoms with E-state index in [1.54, 1.807) is 30.4 Å². The molecule has 0 aliphatic carbocycles. The van der Waals surface area contributed by atoms with Crippen LogP contribution in [0.2, 0.25) is 0 Å². The molecule has 0 aliphatic heterocycles. The third-order valence-corrected chi connectivity index (χ3v) is 5.24. The summed E-state index contributed by atoms with van der Waals surface area (Å²) in [7, 11) is 2.05. The fraction of sp³-hybridized carbons (Fsp3) is 0.333. The van der Waals surface area contributed by atoms with Crippen LogP contribution in [0.15, 0.2) is 73.3 Å². The van der Waals surface area contributed by atoms with Crippen molar-refractivity contribution >= 4 is 28.3 Å². The van der Waals surface area contributed by atoms with E-state index in [9.17, 15) is 9.90 Å². The van der Waals surface area contributed by atoms with Crippen LogP contribution in [0, 0.1) is 5.41 Å². The van der Waals surface area contributed by atoms with Crippen molar-refractivity contribution in [2.75, 3.05) is 18.5 Å². The number of primary amides is 1. The smallest absolute Gasteiger partial charge is 0.217 e. The van der Waals surface area contributed by atoms with Gasteiger partial charge in [0.25, 0.3) is 0 Å². The molecule has 1 amide bonds. The van der Waals surface area contributed by atoms with Crippen LogP contribution < -0.4 is 10.6 Å². The molecule has 7 heteroatoms. The van der Waals surface area contributed by atoms with Gasteiger partial charge in [0.2, 0.25) is 5.91 Å². The molecule has 0 unspecified atom stereocenters. The summed E-state index contributed by atoms with van der Waals surface area (Å²) >= 11 is 0. The number of rotatable bonds is 11. The van der Waals surface area contributed by atoms with E-state index in [0.717, 1.165) is 36.1 Å². The minimum Gasteiger partial charge on any atom is -0.507 e. The number of hydrogen-bond donors (Lipinski definition) is 3. The summed E-state index contributed by atoms with van der Waals surface area (Å²) in [5.74, 6) is 1.35. The molecule has 4 N–H and O–H groups in total. The Morgan fingerprint density at radius 1 is 1.08 bits per heavy atom. The fourth-order valence-corrected chi connectivity index (χ4v) is 3.36. The minimum atomic E-state index is -0.310. The number of anilines is 1. The molecule has 0 saturated heterocycles. The van der Waals surface area contributed by atoms with Gasteiger partial charge in [-0.1, -0.05) is 70.2 Å². The third-order valence-electron chi connectivity index (χ3n) is 5.24. The van der Waals surface area contributed by atoms with Crippen molar-refractivity contribution in [1.29, 1.82) is 5.41 Å². The van der Waals surface area contributed by atoms with E-state index >= 15 is 0 Å². The molecule has 1 aromatic heterocycles. The predicted molar refractivity (Wildman–Crippen MR) is 156 cm³/mol. The quantitative estimate of drug-likeness (QED) is 0.200. The summed E-state index contributed by atoms with van der Waals surface area (Å²) in [4.78, 5) is 21.8. The first-order chi connectivity index (χ1) is 17.9. The Kier molecular flexibility index (Phi) is 14.6. The lowest BCUT2D eigenvalue weighted by Crippen LogP contribution is -2.20. The van der Waals surface area contributed by atoms with E-state index in [-0.39, 0.29) is 11.7 Å². The van der Waals surface area contributed by atoms with Gasteiger partial charge in [0.1, 0.15) is 11.6 Å². The van der Waals surface area contributed by atoms with Gasteiger partial charge in [-0.15, -0.1) is 0 Å². The summed E-state index contributed by atoms with van der Waals surface area (Å²) in [6.45, 7) is 10.6. The second-order valence-electron chi connectivity index (χ2n) is 8.12. The molecule has 37 heavy (non-hydrogen) atoms. The van der Waals surface area contributed by atoms with Crippen LogP contribution in [0.4, 0.5) is 5.82 Å². The summed E-state index contributed by atoms with van der Waals surface area (Å²) in [6.07, 6.45) is 8.82. The van der Waals surface area contributed by atoms with Crippen LogP contribution >= 0.6 is 0 Å². The van der Waals surface area contributed by atoms with Crippen molar-refractivity contribution in [2.24, 2.45) is 5.73 Å². The first kappa shape index (κ1) is 31.0. The highest BCUT2D eigenvalue weighted by Gasteiger charge is 2.14. The van der Waals surface area contributed by atoms with Crippen molar-refractivity contribution < 1.29 is 9.90 Å². The molecule has 0 spiro atoms. The SMILES string of the molecule is C=C/C=C\C(=N)CCCC(N)=O.CC.CCCCN(C)c1nc(-c2ccccc2O)nc2ccccc12. The van der Waals surface area contributed by atoms with Gasteiger partial charge in [0.05, 0.1) is 11.1 Å². The first-order valence-electron chi connectivity index (χ1n) is 12.8. The summed E-state index contributed by atoms with van der Waals surface area (Å²) in [5.41, 5.74) is 6.98. The number of fused-ring (bicyclic) bond motifs is 1. The molecule has 3 rings (SSSR count). The molecule has 0 fully saturated rings. The third kappa shape index (κ3) is 10.7. The first-order valence-corrected chi connectivity index (χ1v) is 12.8. The lowest BCUT2D eigenvalue weighted by atomic mass is 10.1. The highest BCUT2D eigenvalue weighted by molar-refractivity contribution is 5.92. The van der Waals surface area contributed by atoms with Gasteiger partial charge < -0.3 is 21.1 Å². The average molecular weight is 504 g/mol. The van der Waals surface area contributed by atoms with E-state index in [1.165, 1.54) is 0 Å². The highest BCUT2D eigenvalue weighted by atomic mass is 16.3. The Morgan fingerprint density at radius 2 is 1.76 bits per heavy atom. The second kappa shape index (κ2) is 17.4. The Hall–Kier alpha value is -4.00. The fourth-order valence-electron chi connectivity index (χ4n) is 3.36. The van der Waals surface area contributed by atoms with Gasteiger partial charge in [-0.25, -0.2) is 9.97 Å². The van der Waals surface area contributed by atoms with Crippen LogP contribution in [0.5, 0.6) is 5.75 Å². The number of carbonyl (C=O) groups is 1. The average Bonchev–Trinajstić information content (AvgIpc) is 2.91. The number of para-hydroxylation sites is 2. The number of unbranched alkanes of at least 4 members (excludes halogenated alkanes) is 1. The molecule has 7 nitrogen and oxygen atoms in total. The zero-order valence-electron chi connectivity index (χ0n) is 22.6. The number of amides is 1. The number of nitrogens with zero attached hydrogens (tertiary/aromatic N) is 3. The monoisotopic (exact) mass is 503 g/mol. The van der Waals surface area contributed by atoms with Crippen LogP contribution in [-0.2, 0) is 4.79 Å². The van der Waals surface area contributed by atoms with E-state index < -0.39 is 0 Å². The van der Waals surface area contributed by atoms with Gasteiger partial charge >= 0.3 is 0 Å². The molecule has 0 radical (unpaired) electrons.